The lowest BCUT2D eigenvalue weighted by Gasteiger charge is -2.35. The van der Waals surface area contributed by atoms with Crippen LogP contribution in [-0.4, -0.2) is 48.7 Å². The number of hydrogen-bond donors (Lipinski definition) is 3. The summed E-state index contributed by atoms with van der Waals surface area (Å²) in [6, 6.07) is 11.8. The zero-order valence-corrected chi connectivity index (χ0v) is 23.0. The number of anilines is 2. The van der Waals surface area contributed by atoms with E-state index in [-0.39, 0.29) is 25.2 Å². The number of urea groups is 2. The number of carbonyl (C=O) groups is 4. The first-order chi connectivity index (χ1) is 18.6. The van der Waals surface area contributed by atoms with Gasteiger partial charge in [-0.3, -0.25) is 4.90 Å². The number of hydrogen-bond acceptors (Lipinski definition) is 6. The van der Waals surface area contributed by atoms with E-state index < -0.39 is 24.0 Å². The Morgan fingerprint density at radius 3 is 2.05 bits per heavy atom. The van der Waals surface area contributed by atoms with E-state index >= 15 is 0 Å². The molecule has 3 rings (SSSR count). The predicted molar refractivity (Wildman–Crippen MR) is 148 cm³/mol. The molecule has 10 heteroatoms. The third kappa shape index (κ3) is 7.59. The van der Waals surface area contributed by atoms with E-state index in [2.05, 4.69) is 16.0 Å². The number of nitrogens with zero attached hydrogens (tertiary/aromatic N) is 1. The molecule has 0 radical (unpaired) electrons. The summed E-state index contributed by atoms with van der Waals surface area (Å²) in [6.07, 6.45) is 0.738. The van der Waals surface area contributed by atoms with Gasteiger partial charge in [0.25, 0.3) is 0 Å². The Kier molecular flexibility index (Phi) is 10.1. The van der Waals surface area contributed by atoms with Crippen LogP contribution < -0.4 is 16.0 Å². The number of allylic oxidation sites excluding steroid dienone is 1. The fraction of sp³-hybridized carbons (Fsp3) is 0.379. The van der Waals surface area contributed by atoms with Crippen molar-refractivity contribution in [2.24, 2.45) is 5.92 Å². The molecule has 1 unspecified atom stereocenters. The zero-order chi connectivity index (χ0) is 28.5. The molecule has 0 aromatic heterocycles. The van der Waals surface area contributed by atoms with Gasteiger partial charge in [-0.1, -0.05) is 32.9 Å². The monoisotopic (exact) mass is 536 g/mol. The predicted octanol–water partition coefficient (Wildman–Crippen LogP) is 5.46. The van der Waals surface area contributed by atoms with Crippen molar-refractivity contribution in [2.75, 3.05) is 30.4 Å². The lowest BCUT2D eigenvalue weighted by Crippen LogP contribution is -2.48. The number of rotatable bonds is 10. The molecule has 1 heterocycles. The topological polar surface area (TPSA) is 126 Å². The van der Waals surface area contributed by atoms with Crippen LogP contribution in [0.15, 0.2) is 59.8 Å². The summed E-state index contributed by atoms with van der Waals surface area (Å²) in [6.45, 7) is 10.4. The van der Waals surface area contributed by atoms with Crippen molar-refractivity contribution in [2.45, 2.75) is 47.1 Å². The van der Waals surface area contributed by atoms with Gasteiger partial charge in [-0.15, -0.1) is 0 Å². The molecule has 0 fully saturated rings. The minimum Gasteiger partial charge on any atom is -0.462 e. The van der Waals surface area contributed by atoms with E-state index in [0.717, 1.165) is 6.42 Å². The molecule has 1 aliphatic heterocycles. The highest BCUT2D eigenvalue weighted by Crippen LogP contribution is 2.32. The standard InChI is InChI=1S/C29H36N4O6/c1-6-16-33-19(5)24(27(35)39-17-18(3)4)25(32-29(33)37)20-8-12-22(13-9-20)30-28(36)31-23-14-10-21(11-15-23)26(34)38-7-2/h8-15,18,25H,6-7,16-17H2,1-5H3,(H,32,37)(H2,30,31,36). The van der Waals surface area contributed by atoms with Gasteiger partial charge in [0, 0.05) is 23.6 Å². The van der Waals surface area contributed by atoms with Gasteiger partial charge in [-0.25, -0.2) is 19.2 Å². The van der Waals surface area contributed by atoms with Crippen molar-refractivity contribution < 1.29 is 28.7 Å². The van der Waals surface area contributed by atoms with Gasteiger partial charge >= 0.3 is 24.0 Å². The first-order valence-electron chi connectivity index (χ1n) is 13.1. The van der Waals surface area contributed by atoms with E-state index in [1.807, 2.05) is 20.8 Å². The summed E-state index contributed by atoms with van der Waals surface area (Å²) in [5.74, 6) is -0.727. The number of ether oxygens (including phenoxy) is 2. The maximum atomic E-state index is 13.1. The average molecular weight is 537 g/mol. The second kappa shape index (κ2) is 13.5. The fourth-order valence-corrected chi connectivity index (χ4v) is 4.07. The Balaban J connectivity index is 1.73. The summed E-state index contributed by atoms with van der Waals surface area (Å²) < 4.78 is 10.5. The Morgan fingerprint density at radius 1 is 0.923 bits per heavy atom. The van der Waals surface area contributed by atoms with Crippen LogP contribution in [0.25, 0.3) is 0 Å². The van der Waals surface area contributed by atoms with E-state index in [0.29, 0.717) is 40.3 Å². The molecule has 4 amide bonds. The van der Waals surface area contributed by atoms with Crippen LogP contribution in [0, 0.1) is 5.92 Å². The average Bonchev–Trinajstić information content (AvgIpc) is 2.90. The van der Waals surface area contributed by atoms with Crippen LogP contribution in [0.1, 0.15) is 63.0 Å². The van der Waals surface area contributed by atoms with Crippen molar-refractivity contribution in [1.29, 1.82) is 0 Å². The SMILES string of the molecule is CCCN1C(=O)NC(c2ccc(NC(=O)Nc3ccc(C(=O)OCC)cc3)cc2)C(C(=O)OCC(C)C)=C1C. The van der Waals surface area contributed by atoms with Gasteiger partial charge in [0.15, 0.2) is 0 Å². The number of carbonyl (C=O) groups excluding carboxylic acids is 4. The van der Waals surface area contributed by atoms with Gasteiger partial charge in [0.05, 0.1) is 30.4 Å². The normalized spacial score (nSPS) is 15.1. The highest BCUT2D eigenvalue weighted by atomic mass is 16.5. The lowest BCUT2D eigenvalue weighted by molar-refractivity contribution is -0.140. The van der Waals surface area contributed by atoms with Crippen molar-refractivity contribution in [3.05, 3.63) is 70.9 Å². The minimum atomic E-state index is -0.689. The van der Waals surface area contributed by atoms with Gasteiger partial charge < -0.3 is 25.4 Å². The van der Waals surface area contributed by atoms with Gasteiger partial charge in [-0.2, -0.15) is 0 Å². The van der Waals surface area contributed by atoms with E-state index in [1.165, 1.54) is 0 Å². The largest absolute Gasteiger partial charge is 0.462 e. The van der Waals surface area contributed by atoms with Crippen LogP contribution in [-0.2, 0) is 14.3 Å². The van der Waals surface area contributed by atoms with Crippen molar-refractivity contribution in [3.8, 4) is 0 Å². The van der Waals surface area contributed by atoms with Gasteiger partial charge in [0.2, 0.25) is 0 Å². The van der Waals surface area contributed by atoms with Crippen molar-refractivity contribution in [3.63, 3.8) is 0 Å². The van der Waals surface area contributed by atoms with Gasteiger partial charge in [-0.05, 0) is 68.1 Å². The molecule has 1 atom stereocenters. The molecular weight excluding hydrogens is 500 g/mol. The summed E-state index contributed by atoms with van der Waals surface area (Å²) >= 11 is 0. The Labute approximate surface area is 228 Å². The Hall–Kier alpha value is -4.34. The molecule has 1 aliphatic rings. The second-order valence-electron chi connectivity index (χ2n) is 9.52. The number of nitrogens with one attached hydrogen (secondary N) is 3. The van der Waals surface area contributed by atoms with E-state index in [1.54, 1.807) is 67.3 Å². The molecule has 2 aromatic rings. The number of amides is 4. The molecular formula is C29H36N4O6. The molecule has 3 N–H and O–H groups in total. The van der Waals surface area contributed by atoms with Crippen LogP contribution >= 0.6 is 0 Å². The van der Waals surface area contributed by atoms with Gasteiger partial charge in [0.1, 0.15) is 0 Å². The van der Waals surface area contributed by atoms with E-state index in [4.69, 9.17) is 9.47 Å². The summed E-state index contributed by atoms with van der Waals surface area (Å²) in [5.41, 5.74) is 3.03. The molecule has 0 aliphatic carbocycles. The third-order valence-corrected chi connectivity index (χ3v) is 5.97. The van der Waals surface area contributed by atoms with Crippen molar-refractivity contribution in [1.82, 2.24) is 10.2 Å². The molecule has 0 spiro atoms. The molecule has 10 nitrogen and oxygen atoms in total. The third-order valence-electron chi connectivity index (χ3n) is 5.97. The zero-order valence-electron chi connectivity index (χ0n) is 23.0. The van der Waals surface area contributed by atoms with Crippen LogP contribution in [0.3, 0.4) is 0 Å². The lowest BCUT2D eigenvalue weighted by atomic mass is 9.94. The van der Waals surface area contributed by atoms with Crippen LogP contribution in [0.5, 0.6) is 0 Å². The molecule has 39 heavy (non-hydrogen) atoms. The summed E-state index contributed by atoms with van der Waals surface area (Å²) in [5, 5.41) is 8.38. The summed E-state index contributed by atoms with van der Waals surface area (Å²) in [7, 11) is 0. The quantitative estimate of drug-likeness (QED) is 0.346. The fourth-order valence-electron chi connectivity index (χ4n) is 4.07. The van der Waals surface area contributed by atoms with Crippen LogP contribution in [0.4, 0.5) is 21.0 Å². The first-order valence-corrected chi connectivity index (χ1v) is 13.1. The van der Waals surface area contributed by atoms with Crippen molar-refractivity contribution >= 4 is 35.4 Å². The molecule has 0 saturated carbocycles. The molecule has 2 aromatic carbocycles. The first kappa shape index (κ1) is 29.2. The molecule has 208 valence electrons. The minimum absolute atomic E-state index is 0.172. The summed E-state index contributed by atoms with van der Waals surface area (Å²) in [4.78, 5) is 51.7. The molecule has 0 saturated heterocycles. The number of esters is 2. The Morgan fingerprint density at radius 2 is 1.51 bits per heavy atom. The number of benzene rings is 2. The Bertz CT molecular complexity index is 1220. The highest BCUT2D eigenvalue weighted by Gasteiger charge is 2.36. The maximum Gasteiger partial charge on any atom is 0.338 e. The maximum absolute atomic E-state index is 13.1. The smallest absolute Gasteiger partial charge is 0.338 e. The van der Waals surface area contributed by atoms with Crippen LogP contribution in [0.2, 0.25) is 0 Å². The van der Waals surface area contributed by atoms with E-state index in [9.17, 15) is 19.2 Å². The molecule has 0 bridgehead atoms. The second-order valence-corrected chi connectivity index (χ2v) is 9.52. The highest BCUT2D eigenvalue weighted by molar-refractivity contribution is 6.00.